The fourth-order valence-electron chi connectivity index (χ4n) is 1.74. The molecule has 0 unspecified atom stereocenters. The highest BCUT2D eigenvalue weighted by Crippen LogP contribution is 2.13. The molecule has 3 heteroatoms. The van der Waals surface area contributed by atoms with Crippen LogP contribution in [-0.4, -0.2) is 7.11 Å². The number of hydrogen-bond donors (Lipinski definition) is 1. The molecule has 0 saturated carbocycles. The van der Waals surface area contributed by atoms with Gasteiger partial charge >= 0.3 is 0 Å². The van der Waals surface area contributed by atoms with E-state index in [1.54, 1.807) is 7.11 Å². The first-order chi connectivity index (χ1) is 8.78. The van der Waals surface area contributed by atoms with Crippen LogP contribution in [0.3, 0.4) is 0 Å². The zero-order chi connectivity index (χ0) is 12.8. The molecule has 0 atom stereocenters. The van der Waals surface area contributed by atoms with Crippen LogP contribution in [0.2, 0.25) is 5.02 Å². The van der Waals surface area contributed by atoms with Crippen LogP contribution in [0.1, 0.15) is 11.1 Å². The van der Waals surface area contributed by atoms with E-state index in [4.69, 9.17) is 16.3 Å². The minimum absolute atomic E-state index is 0.770. The van der Waals surface area contributed by atoms with Gasteiger partial charge in [-0.25, -0.2) is 0 Å². The Bertz CT molecular complexity index is 496. The van der Waals surface area contributed by atoms with Crippen molar-refractivity contribution in [3.63, 3.8) is 0 Å². The maximum atomic E-state index is 5.84. The van der Waals surface area contributed by atoms with Gasteiger partial charge in [-0.05, 0) is 35.4 Å². The lowest BCUT2D eigenvalue weighted by Gasteiger charge is -2.07. The van der Waals surface area contributed by atoms with Gasteiger partial charge in [-0.1, -0.05) is 35.9 Å². The topological polar surface area (TPSA) is 21.3 Å². The van der Waals surface area contributed by atoms with Crippen LogP contribution in [0.4, 0.5) is 0 Å². The van der Waals surface area contributed by atoms with Gasteiger partial charge in [0.1, 0.15) is 5.75 Å². The smallest absolute Gasteiger partial charge is 0.119 e. The van der Waals surface area contributed by atoms with Gasteiger partial charge in [0.05, 0.1) is 7.11 Å². The molecule has 0 aliphatic carbocycles. The van der Waals surface area contributed by atoms with Gasteiger partial charge in [-0.2, -0.15) is 0 Å². The molecular weight excluding hydrogens is 246 g/mol. The molecule has 0 fully saturated rings. The van der Waals surface area contributed by atoms with Crippen molar-refractivity contribution in [2.24, 2.45) is 0 Å². The van der Waals surface area contributed by atoms with Gasteiger partial charge in [-0.3, -0.25) is 0 Å². The number of rotatable bonds is 5. The highest BCUT2D eigenvalue weighted by atomic mass is 35.5. The first-order valence-electron chi connectivity index (χ1n) is 5.86. The number of hydrogen-bond acceptors (Lipinski definition) is 2. The van der Waals surface area contributed by atoms with E-state index < -0.39 is 0 Å². The summed E-state index contributed by atoms with van der Waals surface area (Å²) < 4.78 is 5.19. The lowest BCUT2D eigenvalue weighted by atomic mass is 10.2. The summed E-state index contributed by atoms with van der Waals surface area (Å²) in [5.41, 5.74) is 2.44. The van der Waals surface area contributed by atoms with Crippen LogP contribution < -0.4 is 10.1 Å². The highest BCUT2D eigenvalue weighted by molar-refractivity contribution is 6.30. The summed E-state index contributed by atoms with van der Waals surface area (Å²) in [6, 6.07) is 15.9. The van der Waals surface area contributed by atoms with Crippen molar-refractivity contribution < 1.29 is 4.74 Å². The van der Waals surface area contributed by atoms with E-state index in [1.807, 2.05) is 42.5 Å². The van der Waals surface area contributed by atoms with Crippen LogP contribution in [-0.2, 0) is 13.1 Å². The monoisotopic (exact) mass is 261 g/mol. The Morgan fingerprint density at radius 1 is 1.00 bits per heavy atom. The zero-order valence-corrected chi connectivity index (χ0v) is 11.1. The fourth-order valence-corrected chi connectivity index (χ4v) is 1.86. The quantitative estimate of drug-likeness (QED) is 0.887. The molecule has 2 rings (SSSR count). The van der Waals surface area contributed by atoms with Crippen LogP contribution in [0, 0.1) is 0 Å². The van der Waals surface area contributed by atoms with Crippen LogP contribution >= 0.6 is 11.6 Å². The predicted octanol–water partition coefficient (Wildman–Crippen LogP) is 3.64. The molecule has 0 aliphatic rings. The molecule has 0 amide bonds. The first kappa shape index (κ1) is 12.9. The summed E-state index contributed by atoms with van der Waals surface area (Å²) in [5.74, 6) is 0.890. The third-order valence-electron chi connectivity index (χ3n) is 2.71. The third-order valence-corrected chi connectivity index (χ3v) is 2.96. The van der Waals surface area contributed by atoms with E-state index in [0.717, 1.165) is 23.9 Å². The second-order valence-corrected chi connectivity index (χ2v) is 4.52. The molecule has 2 aromatic rings. The van der Waals surface area contributed by atoms with Crippen molar-refractivity contribution in [3.05, 3.63) is 64.7 Å². The molecule has 0 heterocycles. The van der Waals surface area contributed by atoms with Gasteiger partial charge in [-0.15, -0.1) is 0 Å². The summed E-state index contributed by atoms with van der Waals surface area (Å²) in [4.78, 5) is 0. The van der Waals surface area contributed by atoms with Crippen molar-refractivity contribution in [1.29, 1.82) is 0 Å². The average Bonchev–Trinajstić information content (AvgIpc) is 2.41. The third kappa shape index (κ3) is 3.76. The molecule has 0 bridgehead atoms. The molecule has 0 radical (unpaired) electrons. The molecule has 2 nitrogen and oxygen atoms in total. The van der Waals surface area contributed by atoms with Crippen molar-refractivity contribution in [2.45, 2.75) is 13.1 Å². The minimum Gasteiger partial charge on any atom is -0.497 e. The molecule has 2 aromatic carbocycles. The van der Waals surface area contributed by atoms with Crippen LogP contribution in [0.25, 0.3) is 0 Å². The molecule has 0 aromatic heterocycles. The van der Waals surface area contributed by atoms with Gasteiger partial charge in [0.15, 0.2) is 0 Å². The largest absolute Gasteiger partial charge is 0.497 e. The maximum Gasteiger partial charge on any atom is 0.119 e. The molecule has 18 heavy (non-hydrogen) atoms. The lowest BCUT2D eigenvalue weighted by Crippen LogP contribution is -2.12. The number of ether oxygens (including phenoxy) is 1. The molecule has 1 N–H and O–H groups in total. The summed E-state index contributed by atoms with van der Waals surface area (Å²) >= 11 is 5.84. The van der Waals surface area contributed by atoms with Gasteiger partial charge in [0.2, 0.25) is 0 Å². The van der Waals surface area contributed by atoms with Gasteiger partial charge in [0, 0.05) is 18.1 Å². The van der Waals surface area contributed by atoms with E-state index in [1.165, 1.54) is 11.1 Å². The van der Waals surface area contributed by atoms with Crippen molar-refractivity contribution in [2.75, 3.05) is 7.11 Å². The zero-order valence-electron chi connectivity index (χ0n) is 10.3. The molecule has 94 valence electrons. The highest BCUT2D eigenvalue weighted by Gasteiger charge is 1.96. The van der Waals surface area contributed by atoms with Gasteiger partial charge < -0.3 is 10.1 Å². The summed E-state index contributed by atoms with van der Waals surface area (Å²) in [5, 5.41) is 4.16. The Hall–Kier alpha value is -1.51. The Morgan fingerprint density at radius 3 is 2.44 bits per heavy atom. The number of benzene rings is 2. The van der Waals surface area contributed by atoms with Crippen molar-refractivity contribution in [3.8, 4) is 5.75 Å². The fraction of sp³-hybridized carbons (Fsp3) is 0.200. The second-order valence-electron chi connectivity index (χ2n) is 4.08. The second kappa shape index (κ2) is 6.43. The SMILES string of the molecule is COc1cccc(CNCc2ccc(Cl)cc2)c1. The van der Waals surface area contributed by atoms with Crippen LogP contribution in [0.15, 0.2) is 48.5 Å². The number of halogens is 1. The standard InChI is InChI=1S/C15H16ClNO/c1-18-15-4-2-3-13(9-15)11-17-10-12-5-7-14(16)8-6-12/h2-9,17H,10-11H2,1H3. The summed E-state index contributed by atoms with van der Waals surface area (Å²) in [6.07, 6.45) is 0. The van der Waals surface area contributed by atoms with Crippen molar-refractivity contribution in [1.82, 2.24) is 5.32 Å². The Morgan fingerprint density at radius 2 is 1.72 bits per heavy atom. The Balaban J connectivity index is 1.86. The predicted molar refractivity (Wildman–Crippen MR) is 75.0 cm³/mol. The maximum absolute atomic E-state index is 5.84. The van der Waals surface area contributed by atoms with E-state index in [9.17, 15) is 0 Å². The first-order valence-corrected chi connectivity index (χ1v) is 6.24. The van der Waals surface area contributed by atoms with E-state index in [-0.39, 0.29) is 0 Å². The lowest BCUT2D eigenvalue weighted by molar-refractivity contribution is 0.414. The number of methoxy groups -OCH3 is 1. The molecule has 0 aliphatic heterocycles. The molecule has 0 saturated heterocycles. The number of nitrogens with one attached hydrogen (secondary N) is 1. The normalized spacial score (nSPS) is 10.3. The Kier molecular flexibility index (Phi) is 4.62. The van der Waals surface area contributed by atoms with Crippen molar-refractivity contribution >= 4 is 11.6 Å². The minimum atomic E-state index is 0.770. The Labute approximate surface area is 113 Å². The molecular formula is C15H16ClNO. The van der Waals surface area contributed by atoms with E-state index >= 15 is 0 Å². The summed E-state index contributed by atoms with van der Waals surface area (Å²) in [7, 11) is 1.68. The van der Waals surface area contributed by atoms with E-state index in [2.05, 4.69) is 11.4 Å². The summed E-state index contributed by atoms with van der Waals surface area (Å²) in [6.45, 7) is 1.65. The van der Waals surface area contributed by atoms with E-state index in [0.29, 0.717) is 0 Å². The van der Waals surface area contributed by atoms with Gasteiger partial charge in [0.25, 0.3) is 0 Å². The molecule has 0 spiro atoms. The van der Waals surface area contributed by atoms with Crippen LogP contribution in [0.5, 0.6) is 5.75 Å². The average molecular weight is 262 g/mol.